The first-order valence-electron chi connectivity index (χ1n) is 4.82. The molecular formula is C12H11FO2. The molecule has 2 nitrogen and oxygen atoms in total. The fourth-order valence-electron chi connectivity index (χ4n) is 1.50. The highest BCUT2D eigenvalue weighted by Gasteiger charge is 2.17. The minimum atomic E-state index is -0.298. The second-order valence-electron chi connectivity index (χ2n) is 3.50. The van der Waals surface area contributed by atoms with Crippen molar-refractivity contribution < 1.29 is 13.9 Å². The molecule has 3 heteroatoms. The highest BCUT2D eigenvalue weighted by Crippen LogP contribution is 2.17. The summed E-state index contributed by atoms with van der Waals surface area (Å²) in [4.78, 5) is 11.8. The fourth-order valence-corrected chi connectivity index (χ4v) is 1.50. The molecule has 0 fully saturated rings. The zero-order valence-electron chi connectivity index (χ0n) is 8.42. The van der Waals surface area contributed by atoms with E-state index in [2.05, 4.69) is 0 Å². The first-order valence-corrected chi connectivity index (χ1v) is 4.82. The highest BCUT2D eigenvalue weighted by molar-refractivity contribution is 6.07. The standard InChI is InChI=1S/C12H11FO2/c1-8-7-9(4-5-10(8)13)12(14)11-3-2-6-15-11/h3-5,7H,2,6H2,1H3. The van der Waals surface area contributed by atoms with E-state index >= 15 is 0 Å². The summed E-state index contributed by atoms with van der Waals surface area (Å²) in [7, 11) is 0. The van der Waals surface area contributed by atoms with Gasteiger partial charge in [-0.1, -0.05) is 0 Å². The molecule has 0 saturated heterocycles. The molecule has 0 aromatic heterocycles. The number of ketones is 1. The summed E-state index contributed by atoms with van der Waals surface area (Å²) in [5, 5.41) is 0. The van der Waals surface area contributed by atoms with Crippen LogP contribution in [0.25, 0.3) is 0 Å². The van der Waals surface area contributed by atoms with Crippen molar-refractivity contribution >= 4 is 5.78 Å². The first kappa shape index (κ1) is 9.90. The summed E-state index contributed by atoms with van der Waals surface area (Å²) >= 11 is 0. The van der Waals surface area contributed by atoms with E-state index in [0.717, 1.165) is 6.42 Å². The SMILES string of the molecule is Cc1cc(C(=O)C2=CCCO2)ccc1F. The second-order valence-corrected chi connectivity index (χ2v) is 3.50. The van der Waals surface area contributed by atoms with Gasteiger partial charge in [-0.15, -0.1) is 0 Å². The summed E-state index contributed by atoms with van der Waals surface area (Å²) in [5.74, 6) is -0.0931. The average molecular weight is 206 g/mol. The van der Waals surface area contributed by atoms with E-state index in [9.17, 15) is 9.18 Å². The van der Waals surface area contributed by atoms with Gasteiger partial charge >= 0.3 is 0 Å². The lowest BCUT2D eigenvalue weighted by Gasteiger charge is -2.04. The van der Waals surface area contributed by atoms with Crippen LogP contribution in [0.2, 0.25) is 0 Å². The van der Waals surface area contributed by atoms with Crippen LogP contribution >= 0.6 is 0 Å². The molecule has 0 aliphatic carbocycles. The van der Waals surface area contributed by atoms with Crippen LogP contribution in [0.5, 0.6) is 0 Å². The van der Waals surface area contributed by atoms with E-state index in [1.54, 1.807) is 19.1 Å². The van der Waals surface area contributed by atoms with Gasteiger partial charge in [0.15, 0.2) is 5.76 Å². The van der Waals surface area contributed by atoms with Gasteiger partial charge in [0.25, 0.3) is 0 Å². The number of rotatable bonds is 2. The van der Waals surface area contributed by atoms with Crippen LogP contribution in [-0.4, -0.2) is 12.4 Å². The number of hydrogen-bond donors (Lipinski definition) is 0. The minimum absolute atomic E-state index is 0.171. The maximum atomic E-state index is 13.0. The van der Waals surface area contributed by atoms with Crippen molar-refractivity contribution in [1.29, 1.82) is 0 Å². The number of allylic oxidation sites excluding steroid dienone is 1. The third kappa shape index (κ3) is 1.91. The third-order valence-electron chi connectivity index (χ3n) is 2.35. The molecule has 0 bridgehead atoms. The lowest BCUT2D eigenvalue weighted by Crippen LogP contribution is -2.04. The zero-order valence-corrected chi connectivity index (χ0v) is 8.42. The summed E-state index contributed by atoms with van der Waals surface area (Å²) in [6.45, 7) is 2.19. The Morgan fingerprint density at radius 3 is 2.87 bits per heavy atom. The molecule has 0 N–H and O–H groups in total. The van der Waals surface area contributed by atoms with Crippen LogP contribution in [0.4, 0.5) is 4.39 Å². The smallest absolute Gasteiger partial charge is 0.227 e. The number of Topliss-reactive ketones (excluding diaryl/α,β-unsaturated/α-hetero) is 1. The van der Waals surface area contributed by atoms with Crippen molar-refractivity contribution in [1.82, 2.24) is 0 Å². The lowest BCUT2D eigenvalue weighted by molar-refractivity contribution is 0.0942. The number of benzene rings is 1. The quantitative estimate of drug-likeness (QED) is 0.695. The fraction of sp³-hybridized carbons (Fsp3) is 0.250. The topological polar surface area (TPSA) is 26.3 Å². The molecule has 78 valence electrons. The van der Waals surface area contributed by atoms with Gasteiger partial charge in [-0.3, -0.25) is 4.79 Å². The molecule has 0 amide bonds. The van der Waals surface area contributed by atoms with Crippen LogP contribution in [-0.2, 0) is 4.74 Å². The van der Waals surface area contributed by atoms with Crippen LogP contribution < -0.4 is 0 Å². The number of halogens is 1. The average Bonchev–Trinajstić information content (AvgIpc) is 2.74. The van der Waals surface area contributed by atoms with Crippen molar-refractivity contribution in [3.63, 3.8) is 0 Å². The first-order chi connectivity index (χ1) is 7.18. The van der Waals surface area contributed by atoms with E-state index in [1.165, 1.54) is 12.1 Å². The number of aryl methyl sites for hydroxylation is 1. The minimum Gasteiger partial charge on any atom is -0.489 e. The molecule has 0 unspecified atom stereocenters. The number of ether oxygens (including phenoxy) is 1. The molecule has 1 heterocycles. The van der Waals surface area contributed by atoms with E-state index in [4.69, 9.17) is 4.74 Å². The van der Waals surface area contributed by atoms with Gasteiger partial charge in [0.05, 0.1) is 6.61 Å². The zero-order chi connectivity index (χ0) is 10.8. The van der Waals surface area contributed by atoms with Gasteiger partial charge in [0.2, 0.25) is 5.78 Å². The Labute approximate surface area is 87.4 Å². The van der Waals surface area contributed by atoms with Crippen molar-refractivity contribution in [2.75, 3.05) is 6.61 Å². The molecule has 1 aromatic carbocycles. The molecule has 15 heavy (non-hydrogen) atoms. The lowest BCUT2D eigenvalue weighted by atomic mass is 10.1. The Balaban J connectivity index is 2.29. The predicted octanol–water partition coefficient (Wildman–Crippen LogP) is 2.62. The molecule has 0 spiro atoms. The molecule has 0 saturated carbocycles. The van der Waals surface area contributed by atoms with Gasteiger partial charge in [-0.2, -0.15) is 0 Å². The number of carbonyl (C=O) groups excluding carboxylic acids is 1. The molecular weight excluding hydrogens is 195 g/mol. The Morgan fingerprint density at radius 1 is 1.47 bits per heavy atom. The molecule has 1 aliphatic heterocycles. The summed E-state index contributed by atoms with van der Waals surface area (Å²) in [6.07, 6.45) is 2.53. The summed E-state index contributed by atoms with van der Waals surface area (Å²) < 4.78 is 18.1. The van der Waals surface area contributed by atoms with E-state index in [1.807, 2.05) is 0 Å². The Morgan fingerprint density at radius 2 is 2.27 bits per heavy atom. The van der Waals surface area contributed by atoms with Gasteiger partial charge in [0, 0.05) is 12.0 Å². The van der Waals surface area contributed by atoms with Crippen LogP contribution in [0.15, 0.2) is 30.0 Å². The monoisotopic (exact) mass is 206 g/mol. The number of hydrogen-bond acceptors (Lipinski definition) is 2. The van der Waals surface area contributed by atoms with Crippen LogP contribution in [0.1, 0.15) is 22.3 Å². The van der Waals surface area contributed by atoms with E-state index in [0.29, 0.717) is 23.5 Å². The Hall–Kier alpha value is -1.64. The largest absolute Gasteiger partial charge is 0.489 e. The molecule has 2 rings (SSSR count). The van der Waals surface area contributed by atoms with E-state index in [-0.39, 0.29) is 11.6 Å². The Bertz CT molecular complexity index is 435. The van der Waals surface area contributed by atoms with Crippen molar-refractivity contribution in [2.45, 2.75) is 13.3 Å². The molecule has 1 aromatic rings. The van der Waals surface area contributed by atoms with Crippen molar-refractivity contribution in [2.24, 2.45) is 0 Å². The van der Waals surface area contributed by atoms with Gasteiger partial charge in [0.1, 0.15) is 5.82 Å². The summed E-state index contributed by atoms with van der Waals surface area (Å²) in [6, 6.07) is 4.32. The normalized spacial score (nSPS) is 14.7. The Kier molecular flexibility index (Phi) is 2.54. The van der Waals surface area contributed by atoms with Crippen LogP contribution in [0, 0.1) is 12.7 Å². The second kappa shape index (κ2) is 3.85. The van der Waals surface area contributed by atoms with Gasteiger partial charge in [-0.25, -0.2) is 4.39 Å². The maximum Gasteiger partial charge on any atom is 0.227 e. The molecule has 0 radical (unpaired) electrons. The summed E-state index contributed by atoms with van der Waals surface area (Å²) in [5.41, 5.74) is 0.946. The van der Waals surface area contributed by atoms with Crippen molar-refractivity contribution in [3.8, 4) is 0 Å². The van der Waals surface area contributed by atoms with Crippen molar-refractivity contribution in [3.05, 3.63) is 47.0 Å². The van der Waals surface area contributed by atoms with E-state index < -0.39 is 0 Å². The molecule has 1 aliphatic rings. The highest BCUT2D eigenvalue weighted by atomic mass is 19.1. The van der Waals surface area contributed by atoms with Gasteiger partial charge in [-0.05, 0) is 36.8 Å². The third-order valence-corrected chi connectivity index (χ3v) is 2.35. The maximum absolute atomic E-state index is 13.0. The predicted molar refractivity (Wildman–Crippen MR) is 54.1 cm³/mol. The number of carbonyl (C=O) groups is 1. The van der Waals surface area contributed by atoms with Gasteiger partial charge < -0.3 is 4.74 Å². The molecule has 0 atom stereocenters. The van der Waals surface area contributed by atoms with Crippen LogP contribution in [0.3, 0.4) is 0 Å².